The van der Waals surface area contributed by atoms with E-state index in [1.807, 2.05) is 6.07 Å². The van der Waals surface area contributed by atoms with Gasteiger partial charge in [-0.25, -0.2) is 0 Å². The van der Waals surface area contributed by atoms with E-state index in [2.05, 4.69) is 5.32 Å². The lowest BCUT2D eigenvalue weighted by atomic mass is 10.0. The standard InChI is InChI=1S/C22H25Cl2NO5/c1-14(26)25-19(22(23)24)12-20(21(27)16-7-5-4-6-8-16)30-13-15-9-17(28-2)11-18(10-15)29-3/h4-11,19-20,22H,12-13H2,1-3H3,(H,25,26). The zero-order valence-corrected chi connectivity index (χ0v) is 18.6. The van der Waals surface area contributed by atoms with Crippen LogP contribution in [-0.2, 0) is 16.1 Å². The van der Waals surface area contributed by atoms with Crippen LogP contribution in [0.3, 0.4) is 0 Å². The van der Waals surface area contributed by atoms with E-state index < -0.39 is 17.0 Å². The number of rotatable bonds is 11. The van der Waals surface area contributed by atoms with Gasteiger partial charge in [0, 0.05) is 25.0 Å². The molecule has 8 heteroatoms. The number of nitrogens with one attached hydrogen (secondary N) is 1. The summed E-state index contributed by atoms with van der Waals surface area (Å²) < 4.78 is 16.5. The van der Waals surface area contributed by atoms with Crippen LogP contribution in [0.15, 0.2) is 48.5 Å². The van der Waals surface area contributed by atoms with Gasteiger partial charge in [0.2, 0.25) is 5.91 Å². The second-order valence-electron chi connectivity index (χ2n) is 6.63. The third-order valence-electron chi connectivity index (χ3n) is 4.37. The first-order valence-electron chi connectivity index (χ1n) is 9.32. The summed E-state index contributed by atoms with van der Waals surface area (Å²) in [6.45, 7) is 1.49. The lowest BCUT2D eigenvalue weighted by Crippen LogP contribution is -2.42. The predicted octanol–water partition coefficient (Wildman–Crippen LogP) is 4.17. The lowest BCUT2D eigenvalue weighted by Gasteiger charge is -2.25. The van der Waals surface area contributed by atoms with Gasteiger partial charge in [-0.3, -0.25) is 9.59 Å². The van der Waals surface area contributed by atoms with Gasteiger partial charge in [-0.15, -0.1) is 23.2 Å². The van der Waals surface area contributed by atoms with Crippen LogP contribution in [0.2, 0.25) is 0 Å². The highest BCUT2D eigenvalue weighted by molar-refractivity contribution is 6.44. The highest BCUT2D eigenvalue weighted by Crippen LogP contribution is 2.25. The zero-order valence-electron chi connectivity index (χ0n) is 17.1. The third kappa shape index (κ3) is 7.20. The Bertz CT molecular complexity index is 822. The monoisotopic (exact) mass is 453 g/mol. The molecule has 1 amide bonds. The summed E-state index contributed by atoms with van der Waals surface area (Å²) in [7, 11) is 3.11. The Morgan fingerprint density at radius 3 is 2.10 bits per heavy atom. The summed E-state index contributed by atoms with van der Waals surface area (Å²) in [5.41, 5.74) is 1.26. The fraction of sp³-hybridized carbons (Fsp3) is 0.364. The molecule has 0 saturated carbocycles. The van der Waals surface area contributed by atoms with Crippen LogP contribution in [-0.4, -0.2) is 42.9 Å². The van der Waals surface area contributed by atoms with Crippen LogP contribution >= 0.6 is 23.2 Å². The largest absolute Gasteiger partial charge is 0.497 e. The number of methoxy groups -OCH3 is 2. The quantitative estimate of drug-likeness (QED) is 0.408. The first kappa shape index (κ1) is 24.0. The third-order valence-corrected chi connectivity index (χ3v) is 4.98. The lowest BCUT2D eigenvalue weighted by molar-refractivity contribution is -0.119. The molecule has 0 aliphatic rings. The van der Waals surface area contributed by atoms with Crippen LogP contribution in [0.1, 0.15) is 29.3 Å². The van der Waals surface area contributed by atoms with Crippen molar-refractivity contribution in [2.24, 2.45) is 0 Å². The average Bonchev–Trinajstić information content (AvgIpc) is 2.75. The van der Waals surface area contributed by atoms with E-state index in [9.17, 15) is 9.59 Å². The fourth-order valence-electron chi connectivity index (χ4n) is 2.90. The molecule has 1 N–H and O–H groups in total. The Morgan fingerprint density at radius 1 is 1.00 bits per heavy atom. The minimum Gasteiger partial charge on any atom is -0.497 e. The summed E-state index contributed by atoms with van der Waals surface area (Å²) >= 11 is 12.1. The molecule has 0 radical (unpaired) electrons. The van der Waals surface area contributed by atoms with E-state index in [1.54, 1.807) is 56.7 Å². The molecule has 0 aromatic heterocycles. The smallest absolute Gasteiger partial charge is 0.217 e. The first-order valence-corrected chi connectivity index (χ1v) is 10.2. The molecule has 0 fully saturated rings. The minimum absolute atomic E-state index is 0.117. The van der Waals surface area contributed by atoms with Crippen LogP contribution in [0.4, 0.5) is 0 Å². The van der Waals surface area contributed by atoms with Gasteiger partial charge in [-0.05, 0) is 17.7 Å². The Kier molecular flexibility index (Phi) is 9.43. The number of carbonyl (C=O) groups is 2. The van der Waals surface area contributed by atoms with Gasteiger partial charge in [0.05, 0.1) is 26.9 Å². The van der Waals surface area contributed by atoms with Crippen molar-refractivity contribution in [2.75, 3.05) is 14.2 Å². The van der Waals surface area contributed by atoms with E-state index in [0.717, 1.165) is 5.56 Å². The Balaban J connectivity index is 2.24. The van der Waals surface area contributed by atoms with Gasteiger partial charge in [-0.2, -0.15) is 0 Å². The molecule has 0 heterocycles. The Hall–Kier alpha value is -2.28. The highest BCUT2D eigenvalue weighted by atomic mass is 35.5. The van der Waals surface area contributed by atoms with Gasteiger partial charge in [0.1, 0.15) is 22.4 Å². The SMILES string of the molecule is COc1cc(COC(CC(NC(C)=O)C(Cl)Cl)C(=O)c2ccccc2)cc(OC)c1. The van der Waals surface area contributed by atoms with E-state index in [0.29, 0.717) is 17.1 Å². The molecule has 0 aliphatic carbocycles. The van der Waals surface area contributed by atoms with Crippen molar-refractivity contribution in [3.63, 3.8) is 0 Å². The number of halogens is 2. The highest BCUT2D eigenvalue weighted by Gasteiger charge is 2.29. The molecule has 0 spiro atoms. The second-order valence-corrected chi connectivity index (χ2v) is 7.79. The molecule has 0 saturated heterocycles. The van der Waals surface area contributed by atoms with Gasteiger partial charge >= 0.3 is 0 Å². The first-order chi connectivity index (χ1) is 14.3. The van der Waals surface area contributed by atoms with Gasteiger partial charge in [-0.1, -0.05) is 30.3 Å². The maximum atomic E-state index is 13.1. The molecule has 2 atom stereocenters. The van der Waals surface area contributed by atoms with Crippen molar-refractivity contribution in [3.8, 4) is 11.5 Å². The summed E-state index contributed by atoms with van der Waals surface area (Å²) in [5.74, 6) is 0.692. The van der Waals surface area contributed by atoms with Crippen molar-refractivity contribution < 1.29 is 23.8 Å². The van der Waals surface area contributed by atoms with Crippen molar-refractivity contribution in [2.45, 2.75) is 36.9 Å². The van der Waals surface area contributed by atoms with E-state index >= 15 is 0 Å². The van der Waals surface area contributed by atoms with Gasteiger partial charge in [0.15, 0.2) is 5.78 Å². The number of alkyl halides is 2. The fourth-order valence-corrected chi connectivity index (χ4v) is 3.23. The Morgan fingerprint density at radius 2 is 1.60 bits per heavy atom. The molecule has 6 nitrogen and oxygen atoms in total. The molecule has 2 rings (SSSR count). The molecule has 2 aromatic rings. The number of amides is 1. The number of carbonyl (C=O) groups excluding carboxylic acids is 2. The number of Topliss-reactive ketones (excluding diaryl/α,β-unsaturated/α-hetero) is 1. The molecular weight excluding hydrogens is 429 g/mol. The summed E-state index contributed by atoms with van der Waals surface area (Å²) in [6.07, 6.45) is -0.757. The normalized spacial score (nSPS) is 12.9. The van der Waals surface area contributed by atoms with Gasteiger partial charge < -0.3 is 19.5 Å². The van der Waals surface area contributed by atoms with E-state index in [-0.39, 0.29) is 24.7 Å². The summed E-state index contributed by atoms with van der Waals surface area (Å²) in [5, 5.41) is 2.68. The van der Waals surface area contributed by atoms with Crippen molar-refractivity contribution in [3.05, 3.63) is 59.7 Å². The minimum atomic E-state index is -0.902. The van der Waals surface area contributed by atoms with Crippen molar-refractivity contribution >= 4 is 34.9 Å². The van der Waals surface area contributed by atoms with Crippen LogP contribution in [0.25, 0.3) is 0 Å². The Labute approximate surface area is 186 Å². The second kappa shape index (κ2) is 11.8. The maximum Gasteiger partial charge on any atom is 0.217 e. The molecule has 30 heavy (non-hydrogen) atoms. The summed E-state index contributed by atoms with van der Waals surface area (Å²) in [6, 6.07) is 13.5. The molecule has 0 bridgehead atoms. The number of ether oxygens (including phenoxy) is 3. The molecular formula is C22H25Cl2NO5. The van der Waals surface area contributed by atoms with Crippen molar-refractivity contribution in [1.29, 1.82) is 0 Å². The molecule has 162 valence electrons. The number of hydrogen-bond donors (Lipinski definition) is 1. The number of ketones is 1. The van der Waals surface area contributed by atoms with E-state index in [4.69, 9.17) is 37.4 Å². The van der Waals surface area contributed by atoms with Crippen LogP contribution in [0, 0.1) is 0 Å². The molecule has 2 aromatic carbocycles. The molecule has 2 unspecified atom stereocenters. The summed E-state index contributed by atoms with van der Waals surface area (Å²) in [4.78, 5) is 23.7. The predicted molar refractivity (Wildman–Crippen MR) is 117 cm³/mol. The van der Waals surface area contributed by atoms with Crippen LogP contribution < -0.4 is 14.8 Å². The maximum absolute atomic E-state index is 13.1. The van der Waals surface area contributed by atoms with Crippen molar-refractivity contribution in [1.82, 2.24) is 5.32 Å². The zero-order chi connectivity index (χ0) is 22.1. The van der Waals surface area contributed by atoms with E-state index in [1.165, 1.54) is 6.92 Å². The van der Waals surface area contributed by atoms with Crippen LogP contribution in [0.5, 0.6) is 11.5 Å². The van der Waals surface area contributed by atoms with Gasteiger partial charge in [0.25, 0.3) is 0 Å². The average molecular weight is 454 g/mol. The molecule has 0 aliphatic heterocycles. The number of benzene rings is 2. The topological polar surface area (TPSA) is 73.9 Å². The number of hydrogen-bond acceptors (Lipinski definition) is 5.